The maximum absolute atomic E-state index is 13.0. The number of benzene rings is 2. The van der Waals surface area contributed by atoms with E-state index in [2.05, 4.69) is 5.32 Å². The van der Waals surface area contributed by atoms with Gasteiger partial charge in [-0.15, -0.1) is 0 Å². The molecule has 5 heteroatoms. The second-order valence-corrected chi connectivity index (χ2v) is 7.82. The molecule has 2 saturated heterocycles. The Bertz CT molecular complexity index is 770. The zero-order chi connectivity index (χ0) is 14.4. The molecule has 0 spiro atoms. The second-order valence-electron chi connectivity index (χ2n) is 5.91. The molecule has 2 heterocycles. The third-order valence-electron chi connectivity index (χ3n) is 4.70. The molecule has 2 fully saturated rings. The summed E-state index contributed by atoms with van der Waals surface area (Å²) in [5, 5.41) is 5.18. The molecule has 4 rings (SSSR count). The van der Waals surface area contributed by atoms with E-state index in [4.69, 9.17) is 0 Å². The highest BCUT2D eigenvalue weighted by Crippen LogP contribution is 2.32. The smallest absolute Gasteiger partial charge is 0.243 e. The first-order valence-corrected chi connectivity index (χ1v) is 8.81. The van der Waals surface area contributed by atoms with Crippen LogP contribution in [0.25, 0.3) is 10.8 Å². The van der Waals surface area contributed by atoms with Gasteiger partial charge in [0.2, 0.25) is 10.0 Å². The number of hydrogen-bond acceptors (Lipinski definition) is 3. The fourth-order valence-electron chi connectivity index (χ4n) is 3.57. The lowest BCUT2D eigenvalue weighted by atomic mass is 10.1. The molecule has 2 aromatic carbocycles. The highest BCUT2D eigenvalue weighted by atomic mass is 32.2. The Kier molecular flexibility index (Phi) is 3.03. The minimum atomic E-state index is -3.41. The van der Waals surface area contributed by atoms with Crippen LogP contribution in [0.3, 0.4) is 0 Å². The summed E-state index contributed by atoms with van der Waals surface area (Å²) in [6, 6.07) is 13.5. The molecule has 2 aliphatic heterocycles. The van der Waals surface area contributed by atoms with Crippen molar-refractivity contribution in [1.82, 2.24) is 9.62 Å². The molecule has 4 nitrogen and oxygen atoms in total. The zero-order valence-electron chi connectivity index (χ0n) is 11.7. The van der Waals surface area contributed by atoms with Crippen LogP contribution in [-0.4, -0.2) is 38.4 Å². The third-order valence-corrected chi connectivity index (χ3v) is 6.59. The number of nitrogens with one attached hydrogen (secondary N) is 1. The molecule has 21 heavy (non-hydrogen) atoms. The van der Waals surface area contributed by atoms with Crippen molar-refractivity contribution in [2.75, 3.05) is 19.6 Å². The van der Waals surface area contributed by atoms with E-state index in [0.717, 1.165) is 23.7 Å². The lowest BCUT2D eigenvalue weighted by Crippen LogP contribution is -2.34. The van der Waals surface area contributed by atoms with Gasteiger partial charge in [0.15, 0.2) is 0 Å². The molecule has 1 N–H and O–H groups in total. The molecular weight excluding hydrogens is 284 g/mol. The molecule has 2 atom stereocenters. The van der Waals surface area contributed by atoms with Gasteiger partial charge in [0, 0.05) is 24.5 Å². The maximum atomic E-state index is 13.0. The number of nitrogens with zero attached hydrogens (tertiary/aromatic N) is 1. The normalized spacial score (nSPS) is 26.3. The summed E-state index contributed by atoms with van der Waals surface area (Å²) in [5.74, 6) is 0.467. The van der Waals surface area contributed by atoms with Crippen molar-refractivity contribution in [3.8, 4) is 0 Å². The van der Waals surface area contributed by atoms with Crippen LogP contribution in [0, 0.1) is 5.92 Å². The minimum absolute atomic E-state index is 0.328. The minimum Gasteiger partial charge on any atom is -0.312 e. The Balaban J connectivity index is 1.77. The molecule has 0 aliphatic carbocycles. The standard InChI is InChI=1S/C16H18N2O2S/c19-21(20,18-10-13-8-9-17-15(13)11-18)16-7-3-5-12-4-1-2-6-14(12)16/h1-7,13,15,17H,8-11H2/t13-,15+/m0/s1. The maximum Gasteiger partial charge on any atom is 0.243 e. The Hall–Kier alpha value is -1.43. The monoisotopic (exact) mass is 302 g/mol. The van der Waals surface area contributed by atoms with Gasteiger partial charge in [0.05, 0.1) is 4.90 Å². The largest absolute Gasteiger partial charge is 0.312 e. The first kappa shape index (κ1) is 13.2. The first-order chi connectivity index (χ1) is 10.2. The molecule has 0 amide bonds. The molecule has 0 unspecified atom stereocenters. The number of fused-ring (bicyclic) bond motifs is 2. The van der Waals surface area contributed by atoms with Gasteiger partial charge in [-0.25, -0.2) is 8.42 Å². The van der Waals surface area contributed by atoms with Crippen molar-refractivity contribution in [3.63, 3.8) is 0 Å². The second kappa shape index (κ2) is 4.80. The molecule has 110 valence electrons. The summed E-state index contributed by atoms with van der Waals surface area (Å²) in [5.41, 5.74) is 0. The third kappa shape index (κ3) is 2.08. The molecule has 2 aliphatic rings. The molecule has 0 bridgehead atoms. The van der Waals surface area contributed by atoms with E-state index in [-0.39, 0.29) is 0 Å². The van der Waals surface area contributed by atoms with Gasteiger partial charge >= 0.3 is 0 Å². The van der Waals surface area contributed by atoms with E-state index < -0.39 is 10.0 Å². The van der Waals surface area contributed by atoms with Crippen molar-refractivity contribution in [3.05, 3.63) is 42.5 Å². The summed E-state index contributed by atoms with van der Waals surface area (Å²) < 4.78 is 27.6. The van der Waals surface area contributed by atoms with Crippen molar-refractivity contribution in [1.29, 1.82) is 0 Å². The number of rotatable bonds is 2. The molecule has 0 saturated carbocycles. The van der Waals surface area contributed by atoms with E-state index in [1.807, 2.05) is 36.4 Å². The Labute approximate surface area is 124 Å². The van der Waals surface area contributed by atoms with Crippen molar-refractivity contribution < 1.29 is 8.42 Å². The van der Waals surface area contributed by atoms with Gasteiger partial charge in [0.1, 0.15) is 0 Å². The summed E-state index contributed by atoms with van der Waals surface area (Å²) in [6.07, 6.45) is 1.08. The van der Waals surface area contributed by atoms with E-state index in [9.17, 15) is 8.42 Å². The fourth-order valence-corrected chi connectivity index (χ4v) is 5.30. The highest BCUT2D eigenvalue weighted by Gasteiger charge is 2.41. The Morgan fingerprint density at radius 2 is 1.86 bits per heavy atom. The van der Waals surface area contributed by atoms with E-state index >= 15 is 0 Å². The predicted octanol–water partition coefficient (Wildman–Crippen LogP) is 1.82. The van der Waals surface area contributed by atoms with Gasteiger partial charge in [-0.3, -0.25) is 0 Å². The lowest BCUT2D eigenvalue weighted by molar-refractivity contribution is 0.449. The Morgan fingerprint density at radius 3 is 2.71 bits per heavy atom. The quantitative estimate of drug-likeness (QED) is 0.920. The van der Waals surface area contributed by atoms with Crippen LogP contribution in [0.5, 0.6) is 0 Å². The SMILES string of the molecule is O=S(=O)(c1cccc2ccccc12)N1C[C@@H]2CCN[C@@H]2C1. The van der Waals surface area contributed by atoms with Crippen LogP contribution in [0.15, 0.2) is 47.4 Å². The van der Waals surface area contributed by atoms with Crippen molar-refractivity contribution in [2.45, 2.75) is 17.4 Å². The molecular formula is C16H18N2O2S. The average molecular weight is 302 g/mol. The van der Waals surface area contributed by atoms with Crippen LogP contribution < -0.4 is 5.32 Å². The highest BCUT2D eigenvalue weighted by molar-refractivity contribution is 7.89. The summed E-state index contributed by atoms with van der Waals surface area (Å²) in [7, 11) is -3.41. The van der Waals surface area contributed by atoms with E-state index in [0.29, 0.717) is 29.9 Å². The van der Waals surface area contributed by atoms with Crippen LogP contribution in [0.1, 0.15) is 6.42 Å². The predicted molar refractivity (Wildman–Crippen MR) is 82.6 cm³/mol. The zero-order valence-corrected chi connectivity index (χ0v) is 12.5. The van der Waals surface area contributed by atoms with Crippen molar-refractivity contribution >= 4 is 20.8 Å². The average Bonchev–Trinajstić information content (AvgIpc) is 3.08. The summed E-state index contributed by atoms with van der Waals surface area (Å²) in [6.45, 7) is 2.25. The van der Waals surface area contributed by atoms with Crippen LogP contribution in [0.4, 0.5) is 0 Å². The van der Waals surface area contributed by atoms with Gasteiger partial charge < -0.3 is 5.32 Å². The van der Waals surface area contributed by atoms with Crippen LogP contribution in [0.2, 0.25) is 0 Å². The Morgan fingerprint density at radius 1 is 1.05 bits per heavy atom. The van der Waals surface area contributed by atoms with E-state index in [1.165, 1.54) is 0 Å². The van der Waals surface area contributed by atoms with E-state index in [1.54, 1.807) is 10.4 Å². The number of hydrogen-bond donors (Lipinski definition) is 1. The lowest BCUT2D eigenvalue weighted by Gasteiger charge is -2.18. The van der Waals surface area contributed by atoms with Crippen molar-refractivity contribution in [2.24, 2.45) is 5.92 Å². The van der Waals surface area contributed by atoms with Crippen LogP contribution >= 0.6 is 0 Å². The summed E-state index contributed by atoms with van der Waals surface area (Å²) in [4.78, 5) is 0.431. The van der Waals surface area contributed by atoms with Gasteiger partial charge in [0.25, 0.3) is 0 Å². The molecule has 2 aromatic rings. The van der Waals surface area contributed by atoms with Gasteiger partial charge in [-0.2, -0.15) is 4.31 Å². The number of sulfonamides is 1. The van der Waals surface area contributed by atoms with Gasteiger partial charge in [-0.05, 0) is 30.3 Å². The first-order valence-electron chi connectivity index (χ1n) is 7.37. The summed E-state index contributed by atoms with van der Waals surface area (Å²) >= 11 is 0. The fraction of sp³-hybridized carbons (Fsp3) is 0.375. The van der Waals surface area contributed by atoms with Gasteiger partial charge in [-0.1, -0.05) is 36.4 Å². The van der Waals surface area contributed by atoms with Crippen LogP contribution in [-0.2, 0) is 10.0 Å². The molecule has 0 radical (unpaired) electrons. The molecule has 0 aromatic heterocycles. The topological polar surface area (TPSA) is 49.4 Å².